The molecule has 2 N–H and O–H groups in total. The molecule has 0 spiro atoms. The fourth-order valence-corrected chi connectivity index (χ4v) is 2.97. The molecule has 0 aliphatic rings. The maximum absolute atomic E-state index is 11.8. The van der Waals surface area contributed by atoms with Crippen molar-refractivity contribution in [3.05, 3.63) is 45.4 Å². The van der Waals surface area contributed by atoms with Crippen molar-refractivity contribution in [1.82, 2.24) is 10.9 Å². The monoisotopic (exact) mass is 454 g/mol. The minimum absolute atomic E-state index is 0.348. The largest absolute Gasteiger partial charge is 0.493 e. The van der Waals surface area contributed by atoms with E-state index in [1.54, 1.807) is 24.3 Å². The van der Waals surface area contributed by atoms with Gasteiger partial charge in [-0.25, -0.2) is 15.6 Å². The lowest BCUT2D eigenvalue weighted by molar-refractivity contribution is 0.242. The van der Waals surface area contributed by atoms with Gasteiger partial charge in [-0.1, -0.05) is 23.2 Å². The van der Waals surface area contributed by atoms with Gasteiger partial charge in [0.2, 0.25) is 0 Å². The SMILES string of the molecule is COc1cc(C=NNC(=O)N/N=C\c2cc(Cl)c(OC)c(OC)c2)cc(Cl)c1OC. The molecule has 9 nitrogen and oxygen atoms in total. The summed E-state index contributed by atoms with van der Waals surface area (Å²) in [4.78, 5) is 11.8. The smallest absolute Gasteiger partial charge is 0.355 e. The number of benzene rings is 2. The van der Waals surface area contributed by atoms with E-state index in [0.29, 0.717) is 44.2 Å². The molecule has 0 saturated carbocycles. The number of carbonyl (C=O) groups is 1. The Morgan fingerprint density at radius 1 is 0.767 bits per heavy atom. The van der Waals surface area contributed by atoms with Crippen molar-refractivity contribution < 1.29 is 23.7 Å². The van der Waals surface area contributed by atoms with Gasteiger partial charge in [0.15, 0.2) is 23.0 Å². The average Bonchev–Trinajstić information content (AvgIpc) is 2.72. The highest BCUT2D eigenvalue weighted by molar-refractivity contribution is 6.33. The fourth-order valence-electron chi connectivity index (χ4n) is 2.38. The van der Waals surface area contributed by atoms with Gasteiger partial charge in [-0.3, -0.25) is 0 Å². The van der Waals surface area contributed by atoms with Gasteiger partial charge in [0.25, 0.3) is 0 Å². The molecule has 160 valence electrons. The lowest BCUT2D eigenvalue weighted by atomic mass is 10.2. The summed E-state index contributed by atoms with van der Waals surface area (Å²) in [6, 6.07) is 5.90. The topological polar surface area (TPSA) is 103 Å². The van der Waals surface area contributed by atoms with Crippen molar-refractivity contribution in [2.75, 3.05) is 28.4 Å². The molecule has 0 saturated heterocycles. The van der Waals surface area contributed by atoms with E-state index in [1.165, 1.54) is 40.9 Å². The molecule has 2 aromatic carbocycles. The van der Waals surface area contributed by atoms with Crippen LogP contribution < -0.4 is 29.8 Å². The molecule has 0 aliphatic heterocycles. The predicted octanol–water partition coefficient (Wildman–Crippen LogP) is 3.70. The van der Waals surface area contributed by atoms with Gasteiger partial charge in [0.1, 0.15) is 0 Å². The predicted molar refractivity (Wildman–Crippen MR) is 116 cm³/mol. The van der Waals surface area contributed by atoms with Gasteiger partial charge in [0, 0.05) is 0 Å². The number of nitrogens with one attached hydrogen (secondary N) is 2. The number of urea groups is 1. The van der Waals surface area contributed by atoms with Gasteiger partial charge in [-0.15, -0.1) is 0 Å². The van der Waals surface area contributed by atoms with E-state index in [2.05, 4.69) is 21.1 Å². The molecule has 0 bridgehead atoms. The Balaban J connectivity index is 1.97. The van der Waals surface area contributed by atoms with Crippen LogP contribution >= 0.6 is 23.2 Å². The summed E-state index contributed by atoms with van der Waals surface area (Å²) in [5, 5.41) is 8.36. The standard InChI is InChI=1S/C19H20Cl2N4O5/c1-27-15-7-11(5-13(20)17(15)29-3)9-22-24-19(26)25-23-10-12-6-14(21)18(30-4)16(8-12)28-2/h5-10H,1-4H3,(H2,24,25,26)/b22-9-,23-10?. The summed E-state index contributed by atoms with van der Waals surface area (Å²) in [6.45, 7) is 0. The van der Waals surface area contributed by atoms with Crippen LogP contribution in [0.4, 0.5) is 4.79 Å². The van der Waals surface area contributed by atoms with Crippen molar-refractivity contribution >= 4 is 41.7 Å². The second kappa shape index (κ2) is 11.1. The second-order valence-electron chi connectivity index (χ2n) is 5.55. The Kier molecular flexibility index (Phi) is 8.57. The number of nitrogens with zero attached hydrogens (tertiary/aromatic N) is 2. The van der Waals surface area contributed by atoms with E-state index < -0.39 is 6.03 Å². The molecule has 2 aromatic rings. The Bertz CT molecular complexity index is 891. The molecule has 0 fully saturated rings. The van der Waals surface area contributed by atoms with Gasteiger partial charge in [-0.05, 0) is 35.4 Å². The van der Waals surface area contributed by atoms with Crippen LogP contribution in [0.5, 0.6) is 23.0 Å². The van der Waals surface area contributed by atoms with Crippen LogP contribution in [0.25, 0.3) is 0 Å². The maximum Gasteiger partial charge on any atom is 0.355 e. The van der Waals surface area contributed by atoms with Crippen LogP contribution in [0, 0.1) is 0 Å². The first-order valence-corrected chi connectivity index (χ1v) is 9.14. The molecule has 0 heterocycles. The second-order valence-corrected chi connectivity index (χ2v) is 6.36. The summed E-state index contributed by atoms with van der Waals surface area (Å²) in [6.07, 6.45) is 2.79. The van der Waals surface area contributed by atoms with Crippen LogP contribution in [0.2, 0.25) is 10.0 Å². The number of halogens is 2. The first-order valence-electron chi connectivity index (χ1n) is 8.38. The Morgan fingerprint density at radius 3 is 1.50 bits per heavy atom. The zero-order valence-corrected chi connectivity index (χ0v) is 18.2. The first kappa shape index (κ1) is 23.1. The fraction of sp³-hybridized carbons (Fsp3) is 0.211. The summed E-state index contributed by atoms with van der Waals surface area (Å²) in [5.41, 5.74) is 5.75. The Hall–Kier alpha value is -3.17. The number of rotatable bonds is 8. The summed E-state index contributed by atoms with van der Waals surface area (Å²) < 4.78 is 20.7. The van der Waals surface area contributed by atoms with Gasteiger partial charge in [0.05, 0.1) is 50.9 Å². The number of amides is 2. The number of ether oxygens (including phenoxy) is 4. The Labute approximate surface area is 183 Å². The molecule has 11 heteroatoms. The molecule has 0 unspecified atom stereocenters. The van der Waals surface area contributed by atoms with Crippen LogP contribution in [-0.2, 0) is 0 Å². The van der Waals surface area contributed by atoms with Crippen molar-refractivity contribution in [3.8, 4) is 23.0 Å². The van der Waals surface area contributed by atoms with Crippen molar-refractivity contribution in [3.63, 3.8) is 0 Å². The van der Waals surface area contributed by atoms with Crippen LogP contribution in [-0.4, -0.2) is 46.9 Å². The normalized spacial score (nSPS) is 10.9. The third-order valence-electron chi connectivity index (χ3n) is 3.67. The van der Waals surface area contributed by atoms with Crippen molar-refractivity contribution in [2.45, 2.75) is 0 Å². The minimum Gasteiger partial charge on any atom is -0.493 e. The van der Waals surface area contributed by atoms with Crippen LogP contribution in [0.3, 0.4) is 0 Å². The lowest BCUT2D eigenvalue weighted by Crippen LogP contribution is -2.28. The van der Waals surface area contributed by atoms with Crippen molar-refractivity contribution in [2.24, 2.45) is 10.2 Å². The highest BCUT2D eigenvalue weighted by Gasteiger charge is 2.11. The van der Waals surface area contributed by atoms with E-state index >= 15 is 0 Å². The van der Waals surface area contributed by atoms with Gasteiger partial charge >= 0.3 is 6.03 Å². The number of hydrogen-bond donors (Lipinski definition) is 2. The quantitative estimate of drug-likeness (QED) is 0.467. The van der Waals surface area contributed by atoms with E-state index in [9.17, 15) is 4.79 Å². The average molecular weight is 455 g/mol. The molecular formula is C19H20Cl2N4O5. The minimum atomic E-state index is -0.652. The van der Waals surface area contributed by atoms with E-state index in [4.69, 9.17) is 42.1 Å². The Morgan fingerprint density at radius 2 is 1.17 bits per heavy atom. The highest BCUT2D eigenvalue weighted by atomic mass is 35.5. The van der Waals surface area contributed by atoms with Crippen LogP contribution in [0.1, 0.15) is 11.1 Å². The van der Waals surface area contributed by atoms with Crippen LogP contribution in [0.15, 0.2) is 34.5 Å². The molecule has 30 heavy (non-hydrogen) atoms. The van der Waals surface area contributed by atoms with E-state index in [1.807, 2.05) is 0 Å². The third kappa shape index (κ3) is 5.91. The molecule has 0 atom stereocenters. The summed E-state index contributed by atoms with van der Waals surface area (Å²) in [7, 11) is 5.95. The summed E-state index contributed by atoms with van der Waals surface area (Å²) >= 11 is 12.2. The third-order valence-corrected chi connectivity index (χ3v) is 4.23. The summed E-state index contributed by atoms with van der Waals surface area (Å²) in [5.74, 6) is 1.70. The first-order chi connectivity index (χ1) is 14.4. The van der Waals surface area contributed by atoms with Crippen molar-refractivity contribution in [1.29, 1.82) is 0 Å². The molecule has 0 aromatic heterocycles. The molecule has 2 amide bonds. The zero-order chi connectivity index (χ0) is 22.1. The van der Waals surface area contributed by atoms with E-state index in [0.717, 1.165) is 0 Å². The molecule has 0 aliphatic carbocycles. The highest BCUT2D eigenvalue weighted by Crippen LogP contribution is 2.36. The number of hydrazone groups is 2. The van der Waals surface area contributed by atoms with E-state index in [-0.39, 0.29) is 0 Å². The number of hydrogen-bond acceptors (Lipinski definition) is 7. The zero-order valence-electron chi connectivity index (χ0n) is 16.7. The molecule has 2 rings (SSSR count). The number of carbonyl (C=O) groups excluding carboxylic acids is 1. The maximum atomic E-state index is 11.8. The lowest BCUT2D eigenvalue weighted by Gasteiger charge is -2.10. The van der Waals surface area contributed by atoms with Gasteiger partial charge < -0.3 is 18.9 Å². The number of methoxy groups -OCH3 is 4. The molecular weight excluding hydrogens is 435 g/mol. The molecule has 0 radical (unpaired) electrons. The van der Waals surface area contributed by atoms with Gasteiger partial charge in [-0.2, -0.15) is 10.2 Å².